The highest BCUT2D eigenvalue weighted by atomic mass is 16.2. The average molecular weight is 271 g/mol. The van der Waals surface area contributed by atoms with E-state index in [1.807, 2.05) is 32.0 Å². The van der Waals surface area contributed by atoms with Gasteiger partial charge in [-0.2, -0.15) is 0 Å². The van der Waals surface area contributed by atoms with E-state index in [0.717, 1.165) is 17.0 Å². The summed E-state index contributed by atoms with van der Waals surface area (Å²) in [6, 6.07) is 8.78. The molecule has 0 fully saturated rings. The Hall–Kier alpha value is -2.47. The van der Waals surface area contributed by atoms with Crippen molar-refractivity contribution in [1.29, 1.82) is 0 Å². The molecular weight excluding hydrogens is 254 g/mol. The van der Waals surface area contributed by atoms with Gasteiger partial charge in [0.1, 0.15) is 0 Å². The predicted molar refractivity (Wildman–Crippen MR) is 78.5 cm³/mol. The molecule has 1 heterocycles. The number of hydrogen-bond acceptors (Lipinski definition) is 4. The number of anilines is 2. The lowest BCUT2D eigenvalue weighted by atomic mass is 10.2. The highest BCUT2D eigenvalue weighted by Crippen LogP contribution is 2.10. The molecule has 0 radical (unpaired) electrons. The van der Waals surface area contributed by atoms with Crippen LogP contribution in [0.15, 0.2) is 30.3 Å². The van der Waals surface area contributed by atoms with Crippen LogP contribution in [0.3, 0.4) is 0 Å². The quantitative estimate of drug-likeness (QED) is 0.797. The highest BCUT2D eigenvalue weighted by Gasteiger charge is 2.05. The van der Waals surface area contributed by atoms with E-state index in [1.54, 1.807) is 12.1 Å². The first-order valence-electron chi connectivity index (χ1n) is 6.26. The first kappa shape index (κ1) is 14.0. The number of rotatable bonds is 3. The van der Waals surface area contributed by atoms with Crippen LogP contribution in [-0.4, -0.2) is 16.0 Å². The molecule has 1 aromatic heterocycles. The Bertz CT molecular complexity index is 589. The van der Waals surface area contributed by atoms with Crippen LogP contribution in [-0.2, 0) is 6.54 Å². The van der Waals surface area contributed by atoms with Crippen molar-refractivity contribution in [3.63, 3.8) is 0 Å². The van der Waals surface area contributed by atoms with E-state index in [2.05, 4.69) is 20.6 Å². The lowest BCUT2D eigenvalue weighted by molar-refractivity contribution is 0.262. The van der Waals surface area contributed by atoms with Gasteiger partial charge in [-0.25, -0.2) is 14.8 Å². The van der Waals surface area contributed by atoms with Crippen molar-refractivity contribution < 1.29 is 4.79 Å². The molecule has 0 unspecified atom stereocenters. The molecule has 0 saturated carbocycles. The number of carbonyl (C=O) groups excluding carboxylic acids is 1. The minimum absolute atomic E-state index is 0.290. The van der Waals surface area contributed by atoms with E-state index in [1.165, 1.54) is 0 Å². The first-order valence-corrected chi connectivity index (χ1v) is 6.26. The topological polar surface area (TPSA) is 92.9 Å². The average Bonchev–Trinajstić information content (AvgIpc) is 2.38. The third kappa shape index (κ3) is 3.76. The lowest BCUT2D eigenvalue weighted by Crippen LogP contribution is -2.21. The summed E-state index contributed by atoms with van der Waals surface area (Å²) in [6.07, 6.45) is 0. The number of carbonyl (C=O) groups is 1. The van der Waals surface area contributed by atoms with Crippen molar-refractivity contribution in [2.24, 2.45) is 5.73 Å². The van der Waals surface area contributed by atoms with Gasteiger partial charge < -0.3 is 11.1 Å². The number of amides is 2. The maximum absolute atomic E-state index is 11.8. The smallest absolute Gasteiger partial charge is 0.326 e. The van der Waals surface area contributed by atoms with Gasteiger partial charge in [0.15, 0.2) is 0 Å². The molecule has 0 aliphatic carbocycles. The minimum atomic E-state index is -0.379. The summed E-state index contributed by atoms with van der Waals surface area (Å²) >= 11 is 0. The van der Waals surface area contributed by atoms with Crippen LogP contribution in [0.5, 0.6) is 0 Å². The lowest BCUT2D eigenvalue weighted by Gasteiger charge is -2.08. The molecule has 6 nitrogen and oxygen atoms in total. The molecule has 2 amide bonds. The molecule has 0 aliphatic rings. The molecule has 0 bridgehead atoms. The van der Waals surface area contributed by atoms with Gasteiger partial charge in [-0.3, -0.25) is 5.32 Å². The van der Waals surface area contributed by atoms with Gasteiger partial charge in [-0.05, 0) is 37.6 Å². The fraction of sp³-hybridized carbons (Fsp3) is 0.214. The zero-order chi connectivity index (χ0) is 14.5. The summed E-state index contributed by atoms with van der Waals surface area (Å²) in [6.45, 7) is 4.18. The summed E-state index contributed by atoms with van der Waals surface area (Å²) in [7, 11) is 0. The van der Waals surface area contributed by atoms with E-state index in [-0.39, 0.29) is 6.03 Å². The van der Waals surface area contributed by atoms with Crippen molar-refractivity contribution in [3.05, 3.63) is 47.3 Å². The monoisotopic (exact) mass is 271 g/mol. The highest BCUT2D eigenvalue weighted by molar-refractivity contribution is 5.98. The predicted octanol–water partition coefficient (Wildman–Crippen LogP) is 2.20. The molecule has 0 atom stereocenters. The minimum Gasteiger partial charge on any atom is -0.326 e. The van der Waals surface area contributed by atoms with Crippen molar-refractivity contribution in [2.75, 3.05) is 10.6 Å². The van der Waals surface area contributed by atoms with E-state index in [4.69, 9.17) is 5.73 Å². The number of nitrogens with zero attached hydrogens (tertiary/aromatic N) is 2. The third-order valence-electron chi connectivity index (χ3n) is 2.66. The van der Waals surface area contributed by atoms with Crippen molar-refractivity contribution in [3.8, 4) is 0 Å². The van der Waals surface area contributed by atoms with E-state index in [9.17, 15) is 4.79 Å². The van der Waals surface area contributed by atoms with Gasteiger partial charge in [0, 0.05) is 23.6 Å². The second-order valence-electron chi connectivity index (χ2n) is 4.45. The zero-order valence-corrected chi connectivity index (χ0v) is 11.5. The van der Waals surface area contributed by atoms with Gasteiger partial charge in [-0.1, -0.05) is 12.1 Å². The second-order valence-corrected chi connectivity index (χ2v) is 4.45. The van der Waals surface area contributed by atoms with Crippen LogP contribution in [0.25, 0.3) is 0 Å². The van der Waals surface area contributed by atoms with Gasteiger partial charge >= 0.3 is 6.03 Å². The Morgan fingerprint density at radius 3 is 2.25 bits per heavy atom. The Morgan fingerprint density at radius 2 is 1.70 bits per heavy atom. The summed E-state index contributed by atoms with van der Waals surface area (Å²) in [4.78, 5) is 20.1. The molecule has 0 aliphatic heterocycles. The van der Waals surface area contributed by atoms with Gasteiger partial charge in [0.05, 0.1) is 0 Å². The molecule has 4 N–H and O–H groups in total. The zero-order valence-electron chi connectivity index (χ0n) is 11.5. The summed E-state index contributed by atoms with van der Waals surface area (Å²) in [5.41, 5.74) is 8.82. The number of benzene rings is 1. The number of aryl methyl sites for hydroxylation is 2. The van der Waals surface area contributed by atoms with Crippen molar-refractivity contribution >= 4 is 17.7 Å². The summed E-state index contributed by atoms with van der Waals surface area (Å²) in [5, 5.41) is 5.31. The first-order chi connectivity index (χ1) is 9.56. The van der Waals surface area contributed by atoms with Crippen LogP contribution in [0.1, 0.15) is 17.0 Å². The van der Waals surface area contributed by atoms with Gasteiger partial charge in [-0.15, -0.1) is 0 Å². The number of nitrogens with one attached hydrogen (secondary N) is 2. The number of nitrogens with two attached hydrogens (primary N) is 1. The van der Waals surface area contributed by atoms with Gasteiger partial charge in [0.2, 0.25) is 5.95 Å². The van der Waals surface area contributed by atoms with E-state index < -0.39 is 0 Å². The Balaban J connectivity index is 2.01. The summed E-state index contributed by atoms with van der Waals surface area (Å²) in [5.74, 6) is 0.290. The molecule has 1 aromatic carbocycles. The summed E-state index contributed by atoms with van der Waals surface area (Å²) < 4.78 is 0. The molecule has 2 aromatic rings. The van der Waals surface area contributed by atoms with Crippen molar-refractivity contribution in [2.45, 2.75) is 20.4 Å². The molecular formula is C14H17N5O. The molecule has 0 spiro atoms. The SMILES string of the molecule is Cc1cc(C)nc(NC(=O)Nc2ccc(CN)cc2)n1. The van der Waals surface area contributed by atoms with E-state index >= 15 is 0 Å². The fourth-order valence-corrected chi connectivity index (χ4v) is 1.77. The molecule has 104 valence electrons. The number of urea groups is 1. The molecule has 20 heavy (non-hydrogen) atoms. The number of hydrogen-bond donors (Lipinski definition) is 3. The Labute approximate surface area is 117 Å². The molecule has 2 rings (SSSR count). The Morgan fingerprint density at radius 1 is 1.10 bits per heavy atom. The van der Waals surface area contributed by atoms with Crippen LogP contribution in [0.4, 0.5) is 16.4 Å². The maximum atomic E-state index is 11.8. The van der Waals surface area contributed by atoms with Crippen LogP contribution in [0, 0.1) is 13.8 Å². The standard InChI is InChI=1S/C14H17N5O/c1-9-7-10(2)17-13(16-9)19-14(20)18-12-5-3-11(8-15)4-6-12/h3-7H,8,15H2,1-2H3,(H2,16,17,18,19,20). The molecule has 0 saturated heterocycles. The fourth-order valence-electron chi connectivity index (χ4n) is 1.77. The number of aromatic nitrogens is 2. The van der Waals surface area contributed by atoms with E-state index in [0.29, 0.717) is 18.2 Å². The van der Waals surface area contributed by atoms with Crippen molar-refractivity contribution in [1.82, 2.24) is 9.97 Å². The second kappa shape index (κ2) is 6.12. The van der Waals surface area contributed by atoms with Crippen LogP contribution >= 0.6 is 0 Å². The largest absolute Gasteiger partial charge is 0.326 e. The normalized spacial score (nSPS) is 10.2. The third-order valence-corrected chi connectivity index (χ3v) is 2.66. The van der Waals surface area contributed by atoms with Crippen LogP contribution < -0.4 is 16.4 Å². The maximum Gasteiger partial charge on any atom is 0.326 e. The molecule has 6 heteroatoms. The Kier molecular flexibility index (Phi) is 4.27. The van der Waals surface area contributed by atoms with Crippen LogP contribution in [0.2, 0.25) is 0 Å². The van der Waals surface area contributed by atoms with Gasteiger partial charge in [0.25, 0.3) is 0 Å².